The SMILES string of the molecule is COc1cccc(CNC(=O)C[C@@H]2CCCCN2S(=O)(=O)c2cccs2)c1. The second-order valence-corrected chi connectivity index (χ2v) is 9.59. The van der Waals surface area contributed by atoms with E-state index in [2.05, 4.69) is 5.32 Å². The Morgan fingerprint density at radius 1 is 1.30 bits per heavy atom. The van der Waals surface area contributed by atoms with Crippen LogP contribution in [0.1, 0.15) is 31.2 Å². The zero-order chi connectivity index (χ0) is 19.3. The van der Waals surface area contributed by atoms with Gasteiger partial charge in [-0.25, -0.2) is 8.42 Å². The molecule has 3 rings (SSSR count). The van der Waals surface area contributed by atoms with Crippen molar-refractivity contribution in [3.8, 4) is 5.75 Å². The predicted octanol–water partition coefficient (Wildman–Crippen LogP) is 3.01. The van der Waals surface area contributed by atoms with Gasteiger partial charge in [0.25, 0.3) is 10.0 Å². The number of ether oxygens (including phenoxy) is 1. The molecule has 1 N–H and O–H groups in total. The van der Waals surface area contributed by atoms with E-state index in [-0.39, 0.29) is 18.4 Å². The lowest BCUT2D eigenvalue weighted by atomic mass is 10.0. The van der Waals surface area contributed by atoms with E-state index >= 15 is 0 Å². The molecular weight excluding hydrogens is 384 g/mol. The van der Waals surface area contributed by atoms with Gasteiger partial charge in [0.05, 0.1) is 7.11 Å². The molecule has 8 heteroatoms. The van der Waals surface area contributed by atoms with Crippen molar-refractivity contribution in [3.05, 3.63) is 47.3 Å². The third-order valence-corrected chi connectivity index (χ3v) is 8.00. The molecule has 0 bridgehead atoms. The van der Waals surface area contributed by atoms with Gasteiger partial charge in [-0.05, 0) is 42.0 Å². The summed E-state index contributed by atoms with van der Waals surface area (Å²) in [6.45, 7) is 0.856. The fraction of sp³-hybridized carbons (Fsp3) is 0.421. The Kier molecular flexibility index (Phi) is 6.51. The first-order chi connectivity index (χ1) is 13.0. The third-order valence-electron chi connectivity index (χ3n) is 4.68. The normalized spacial score (nSPS) is 18.2. The van der Waals surface area contributed by atoms with Crippen molar-refractivity contribution in [2.45, 2.75) is 42.5 Å². The van der Waals surface area contributed by atoms with Crippen molar-refractivity contribution < 1.29 is 17.9 Å². The predicted molar refractivity (Wildman–Crippen MR) is 105 cm³/mol. The highest BCUT2D eigenvalue weighted by molar-refractivity contribution is 7.91. The number of benzene rings is 1. The number of amides is 1. The van der Waals surface area contributed by atoms with Crippen LogP contribution in [-0.4, -0.2) is 38.3 Å². The molecular formula is C19H24N2O4S2. The zero-order valence-corrected chi connectivity index (χ0v) is 16.9. The van der Waals surface area contributed by atoms with Crippen molar-refractivity contribution in [2.75, 3.05) is 13.7 Å². The molecule has 1 saturated heterocycles. The van der Waals surface area contributed by atoms with E-state index in [4.69, 9.17) is 4.74 Å². The van der Waals surface area contributed by atoms with Crippen molar-refractivity contribution in [1.82, 2.24) is 9.62 Å². The summed E-state index contributed by atoms with van der Waals surface area (Å²) in [4.78, 5) is 12.4. The van der Waals surface area contributed by atoms with Crippen molar-refractivity contribution in [3.63, 3.8) is 0 Å². The van der Waals surface area contributed by atoms with E-state index in [9.17, 15) is 13.2 Å². The summed E-state index contributed by atoms with van der Waals surface area (Å²) >= 11 is 1.21. The lowest BCUT2D eigenvalue weighted by molar-refractivity contribution is -0.122. The Bertz CT molecular complexity index is 866. The summed E-state index contributed by atoms with van der Waals surface area (Å²) in [5.74, 6) is 0.596. The number of thiophene rings is 1. The maximum Gasteiger partial charge on any atom is 0.252 e. The van der Waals surface area contributed by atoms with Crippen LogP contribution >= 0.6 is 11.3 Å². The fourth-order valence-corrected chi connectivity index (χ4v) is 6.10. The lowest BCUT2D eigenvalue weighted by Gasteiger charge is -2.34. The second kappa shape index (κ2) is 8.86. The summed E-state index contributed by atoms with van der Waals surface area (Å²) in [6, 6.07) is 10.6. The Morgan fingerprint density at radius 2 is 2.15 bits per heavy atom. The minimum absolute atomic E-state index is 0.143. The quantitative estimate of drug-likeness (QED) is 0.764. The number of nitrogens with one attached hydrogen (secondary N) is 1. The van der Waals surface area contributed by atoms with E-state index < -0.39 is 10.0 Å². The number of hydrogen-bond acceptors (Lipinski definition) is 5. The first kappa shape index (κ1) is 19.9. The number of nitrogens with zero attached hydrogens (tertiary/aromatic N) is 1. The second-order valence-electron chi connectivity index (χ2n) is 6.53. The lowest BCUT2D eigenvalue weighted by Crippen LogP contribution is -2.45. The summed E-state index contributed by atoms with van der Waals surface area (Å²) < 4.78 is 32.8. The topological polar surface area (TPSA) is 75.7 Å². The van der Waals surface area contributed by atoms with E-state index in [1.54, 1.807) is 24.6 Å². The molecule has 0 spiro atoms. The van der Waals surface area contributed by atoms with Gasteiger partial charge in [-0.1, -0.05) is 24.6 Å². The third kappa shape index (κ3) is 4.88. The number of carbonyl (C=O) groups is 1. The molecule has 2 aromatic rings. The summed E-state index contributed by atoms with van der Waals surface area (Å²) in [6.07, 6.45) is 2.64. The highest BCUT2D eigenvalue weighted by atomic mass is 32.2. The number of carbonyl (C=O) groups excluding carboxylic acids is 1. The molecule has 146 valence electrons. The van der Waals surface area contributed by atoms with Gasteiger partial charge in [-0.15, -0.1) is 11.3 Å². The Morgan fingerprint density at radius 3 is 2.89 bits per heavy atom. The minimum Gasteiger partial charge on any atom is -0.497 e. The summed E-state index contributed by atoms with van der Waals surface area (Å²) in [7, 11) is -1.93. The van der Waals surface area contributed by atoms with Gasteiger partial charge in [0.2, 0.25) is 5.91 Å². The molecule has 0 aliphatic carbocycles. The van der Waals surface area contributed by atoms with Crippen LogP contribution in [0.3, 0.4) is 0 Å². The van der Waals surface area contributed by atoms with Crippen LogP contribution in [0, 0.1) is 0 Å². The molecule has 1 fully saturated rings. The largest absolute Gasteiger partial charge is 0.497 e. The molecule has 1 amide bonds. The number of methoxy groups -OCH3 is 1. The van der Waals surface area contributed by atoms with Crippen LogP contribution < -0.4 is 10.1 Å². The van der Waals surface area contributed by atoms with Crippen LogP contribution in [0.2, 0.25) is 0 Å². The van der Waals surface area contributed by atoms with Gasteiger partial charge in [-0.2, -0.15) is 4.31 Å². The average Bonchev–Trinajstić information content (AvgIpc) is 3.23. The number of hydrogen-bond donors (Lipinski definition) is 1. The molecule has 1 atom stereocenters. The van der Waals surface area contributed by atoms with Crippen LogP contribution in [0.25, 0.3) is 0 Å². The highest BCUT2D eigenvalue weighted by Gasteiger charge is 2.35. The van der Waals surface area contributed by atoms with Gasteiger partial charge in [0.15, 0.2) is 0 Å². The molecule has 1 aliphatic heterocycles. The average molecular weight is 409 g/mol. The number of sulfonamides is 1. The van der Waals surface area contributed by atoms with E-state index in [1.165, 1.54) is 15.6 Å². The molecule has 6 nitrogen and oxygen atoms in total. The van der Waals surface area contributed by atoms with Crippen LogP contribution in [0.4, 0.5) is 0 Å². The maximum absolute atomic E-state index is 12.9. The van der Waals surface area contributed by atoms with Crippen molar-refractivity contribution in [2.24, 2.45) is 0 Å². The van der Waals surface area contributed by atoms with Gasteiger partial charge in [0, 0.05) is 25.6 Å². The van der Waals surface area contributed by atoms with Crippen LogP contribution in [-0.2, 0) is 21.4 Å². The first-order valence-electron chi connectivity index (χ1n) is 8.95. The molecule has 0 saturated carbocycles. The minimum atomic E-state index is -3.53. The molecule has 1 aliphatic rings. The van der Waals surface area contributed by atoms with E-state index in [1.807, 2.05) is 24.3 Å². The first-order valence-corrected chi connectivity index (χ1v) is 11.3. The van der Waals surface area contributed by atoms with E-state index in [0.717, 1.165) is 24.2 Å². The standard InChI is InChI=1S/C19H24N2O4S2/c1-25-17-8-4-6-15(12-17)14-20-18(22)13-16-7-2-3-10-21(16)27(23,24)19-9-5-11-26-19/h4-6,8-9,11-12,16H,2-3,7,10,13-14H2,1H3,(H,20,22)/t16-/m0/s1. The smallest absolute Gasteiger partial charge is 0.252 e. The molecule has 1 aromatic heterocycles. The highest BCUT2D eigenvalue weighted by Crippen LogP contribution is 2.29. The number of rotatable bonds is 7. The zero-order valence-electron chi connectivity index (χ0n) is 15.3. The molecule has 0 radical (unpaired) electrons. The Hall–Kier alpha value is -1.90. The van der Waals surface area contributed by atoms with E-state index in [0.29, 0.717) is 23.7 Å². The summed E-state index contributed by atoms with van der Waals surface area (Å²) in [5, 5.41) is 4.65. The fourth-order valence-electron chi connectivity index (χ4n) is 3.29. The van der Waals surface area contributed by atoms with Crippen LogP contribution in [0.5, 0.6) is 5.75 Å². The molecule has 1 aromatic carbocycles. The van der Waals surface area contributed by atoms with Crippen molar-refractivity contribution in [1.29, 1.82) is 0 Å². The van der Waals surface area contributed by atoms with Gasteiger partial charge in [0.1, 0.15) is 9.96 Å². The van der Waals surface area contributed by atoms with Gasteiger partial charge < -0.3 is 10.1 Å². The molecule has 0 unspecified atom stereocenters. The molecule has 27 heavy (non-hydrogen) atoms. The Labute approximate surface area is 164 Å². The van der Waals surface area contributed by atoms with Crippen molar-refractivity contribution >= 4 is 27.3 Å². The maximum atomic E-state index is 12.9. The van der Waals surface area contributed by atoms with Gasteiger partial charge >= 0.3 is 0 Å². The van der Waals surface area contributed by atoms with Gasteiger partial charge in [-0.3, -0.25) is 4.79 Å². The van der Waals surface area contributed by atoms with Crippen LogP contribution in [0.15, 0.2) is 46.0 Å². The monoisotopic (exact) mass is 408 g/mol. The molecule has 2 heterocycles. The number of piperidine rings is 1. The Balaban J connectivity index is 1.63. The summed E-state index contributed by atoms with van der Waals surface area (Å²) in [5.41, 5.74) is 0.939.